The lowest BCUT2D eigenvalue weighted by molar-refractivity contribution is -0.160. The number of aliphatic hydroxyl groups excluding tert-OH is 1. The molecular weight excluding hydrogens is 880 g/mol. The Bertz CT molecular complexity index is 1600. The molecule has 0 saturated carbocycles. The van der Waals surface area contributed by atoms with Crippen molar-refractivity contribution in [2.24, 2.45) is 0 Å². The highest BCUT2D eigenvalue weighted by Crippen LogP contribution is 2.43. The van der Waals surface area contributed by atoms with Crippen LogP contribution in [0.2, 0.25) is 0 Å². The van der Waals surface area contributed by atoms with Crippen molar-refractivity contribution in [2.75, 3.05) is 26.4 Å². The third-order valence-corrected chi connectivity index (χ3v) is 10.8. The second kappa shape index (κ2) is 49.3. The summed E-state index contributed by atoms with van der Waals surface area (Å²) in [5, 5.41) is 9.77. The third-order valence-electron chi connectivity index (χ3n) is 9.86. The van der Waals surface area contributed by atoms with E-state index in [1.54, 1.807) is 6.08 Å². The first kappa shape index (κ1) is 63.9. The van der Waals surface area contributed by atoms with Gasteiger partial charge in [-0.3, -0.25) is 23.4 Å². The van der Waals surface area contributed by atoms with E-state index in [-0.39, 0.29) is 19.3 Å². The Morgan fingerprint density at radius 2 is 0.824 bits per heavy atom. The lowest BCUT2D eigenvalue weighted by Crippen LogP contribution is -2.30. The molecule has 0 amide bonds. The van der Waals surface area contributed by atoms with Crippen LogP contribution in [0.1, 0.15) is 175 Å². The molecule has 68 heavy (non-hydrogen) atoms. The van der Waals surface area contributed by atoms with E-state index in [9.17, 15) is 28.9 Å². The number of phosphoric acid groups is 1. The van der Waals surface area contributed by atoms with E-state index in [0.717, 1.165) is 116 Å². The number of aliphatic hydroxyl groups is 1. The van der Waals surface area contributed by atoms with E-state index in [0.29, 0.717) is 19.3 Å². The van der Waals surface area contributed by atoms with Crippen LogP contribution in [0.15, 0.2) is 122 Å². The summed E-state index contributed by atoms with van der Waals surface area (Å²) < 4.78 is 39.1. The summed E-state index contributed by atoms with van der Waals surface area (Å²) in [4.78, 5) is 48.2. The molecule has 3 atom stereocenters. The van der Waals surface area contributed by atoms with Gasteiger partial charge in [0.2, 0.25) is 0 Å². The lowest BCUT2D eigenvalue weighted by Gasteiger charge is -2.21. The van der Waals surface area contributed by atoms with Crippen LogP contribution < -0.4 is 0 Å². The fourth-order valence-electron chi connectivity index (χ4n) is 6.07. The minimum absolute atomic E-state index is 0.0785. The second-order valence-electron chi connectivity index (χ2n) is 16.2. The van der Waals surface area contributed by atoms with Gasteiger partial charge in [0.25, 0.3) is 0 Å². The Labute approximate surface area is 411 Å². The fraction of sp³-hybridized carbons (Fsp3) is 0.589. The zero-order valence-corrected chi connectivity index (χ0v) is 42.9. The van der Waals surface area contributed by atoms with Crippen LogP contribution >= 0.6 is 7.82 Å². The number of esters is 3. The molecule has 0 aromatic carbocycles. The first-order valence-corrected chi connectivity index (χ1v) is 26.9. The van der Waals surface area contributed by atoms with Gasteiger partial charge in [0.1, 0.15) is 12.7 Å². The van der Waals surface area contributed by atoms with E-state index in [4.69, 9.17) is 23.3 Å². The molecule has 0 aromatic rings. The summed E-state index contributed by atoms with van der Waals surface area (Å²) in [7, 11) is -4.78. The van der Waals surface area contributed by atoms with Crippen LogP contribution in [0.3, 0.4) is 0 Å². The van der Waals surface area contributed by atoms with Gasteiger partial charge in [-0.25, -0.2) is 4.57 Å². The van der Waals surface area contributed by atoms with Crippen LogP contribution in [0, 0.1) is 0 Å². The molecule has 11 nitrogen and oxygen atoms in total. The Morgan fingerprint density at radius 1 is 0.441 bits per heavy atom. The normalized spacial score (nSPS) is 14.5. The van der Waals surface area contributed by atoms with Crippen LogP contribution in [0.4, 0.5) is 0 Å². The van der Waals surface area contributed by atoms with Gasteiger partial charge in [-0.05, 0) is 103 Å². The molecular formula is C56H89O11P. The molecule has 0 rings (SSSR count). The van der Waals surface area contributed by atoms with Crippen LogP contribution in [-0.4, -0.2) is 66.5 Å². The molecule has 0 aliphatic carbocycles. The molecule has 12 heteroatoms. The number of hydrogen-bond acceptors (Lipinski definition) is 10. The molecule has 0 aromatic heterocycles. The van der Waals surface area contributed by atoms with Crippen LogP contribution in [0.25, 0.3) is 0 Å². The van der Waals surface area contributed by atoms with Crippen molar-refractivity contribution in [3.8, 4) is 0 Å². The Hall–Kier alpha value is -4.12. The highest BCUT2D eigenvalue weighted by atomic mass is 31.2. The van der Waals surface area contributed by atoms with Gasteiger partial charge in [0, 0.05) is 12.8 Å². The topological polar surface area (TPSA) is 155 Å². The van der Waals surface area contributed by atoms with Gasteiger partial charge >= 0.3 is 25.7 Å². The van der Waals surface area contributed by atoms with E-state index >= 15 is 0 Å². The maximum Gasteiger partial charge on any atom is 0.472 e. The molecule has 0 saturated heterocycles. The molecule has 0 fully saturated rings. The smallest absolute Gasteiger partial charge is 0.462 e. The predicted molar refractivity (Wildman–Crippen MR) is 279 cm³/mol. The number of rotatable bonds is 45. The highest BCUT2D eigenvalue weighted by molar-refractivity contribution is 7.47. The van der Waals surface area contributed by atoms with E-state index < -0.39 is 64.4 Å². The number of hydrogen-bond donors (Lipinski definition) is 2. The van der Waals surface area contributed by atoms with Crippen LogP contribution in [-0.2, 0) is 42.2 Å². The van der Waals surface area contributed by atoms with Gasteiger partial charge in [-0.15, -0.1) is 0 Å². The van der Waals surface area contributed by atoms with Crippen molar-refractivity contribution in [1.82, 2.24) is 0 Å². The lowest BCUT2D eigenvalue weighted by atomic mass is 10.1. The zero-order valence-electron chi connectivity index (χ0n) is 42.0. The number of unbranched alkanes of at least 4 members (excludes halogenated alkanes) is 9. The Morgan fingerprint density at radius 3 is 1.31 bits per heavy atom. The minimum atomic E-state index is -4.78. The van der Waals surface area contributed by atoms with E-state index in [2.05, 4.69) is 118 Å². The first-order valence-electron chi connectivity index (χ1n) is 25.4. The summed E-state index contributed by atoms with van der Waals surface area (Å²) in [6, 6.07) is 0. The minimum Gasteiger partial charge on any atom is -0.462 e. The van der Waals surface area contributed by atoms with Crippen molar-refractivity contribution in [3.63, 3.8) is 0 Å². The molecule has 0 heterocycles. The molecule has 0 aliphatic rings. The van der Waals surface area contributed by atoms with E-state index in [1.165, 1.54) is 0 Å². The quantitative estimate of drug-likeness (QED) is 0.0197. The van der Waals surface area contributed by atoms with Gasteiger partial charge < -0.3 is 24.2 Å². The van der Waals surface area contributed by atoms with Gasteiger partial charge in [-0.1, -0.05) is 174 Å². The van der Waals surface area contributed by atoms with Crippen LogP contribution in [0.5, 0.6) is 0 Å². The predicted octanol–water partition coefficient (Wildman–Crippen LogP) is 14.5. The summed E-state index contributed by atoms with van der Waals surface area (Å²) in [6.07, 6.45) is 59.2. The highest BCUT2D eigenvalue weighted by Gasteiger charge is 2.28. The molecule has 2 N–H and O–H groups in total. The third kappa shape index (κ3) is 47.0. The molecule has 0 radical (unpaired) electrons. The first-order chi connectivity index (χ1) is 33.2. The monoisotopic (exact) mass is 969 g/mol. The largest absolute Gasteiger partial charge is 0.472 e. The summed E-state index contributed by atoms with van der Waals surface area (Å²) >= 11 is 0. The average molecular weight is 969 g/mol. The van der Waals surface area contributed by atoms with Crippen molar-refractivity contribution in [3.05, 3.63) is 122 Å². The number of carbonyl (C=O) groups excluding carboxylic acids is 3. The maximum absolute atomic E-state index is 12.8. The number of allylic oxidation sites excluding steroid dienone is 19. The SMILES string of the molecule is CC/C=C\C/C=C\C/C=C\C/C=C\C/C=C\CC(=O)OC(COC(=O)CCCCC/C=C\C/C=C\C/C=C\CC)COP(=O)(O)OCC(CO)OC(=O)CCCCCCC/C=C\C/C=C\CCC. The Balaban J connectivity index is 4.93. The van der Waals surface area contributed by atoms with Crippen molar-refractivity contribution < 1.29 is 52.2 Å². The average Bonchev–Trinajstić information content (AvgIpc) is 3.32. The molecule has 0 spiro atoms. The maximum atomic E-state index is 12.8. The second-order valence-corrected chi connectivity index (χ2v) is 17.7. The zero-order chi connectivity index (χ0) is 49.9. The molecule has 384 valence electrons. The number of phosphoric ester groups is 1. The molecule has 3 unspecified atom stereocenters. The summed E-state index contributed by atoms with van der Waals surface area (Å²) in [6.45, 7) is 4.14. The summed E-state index contributed by atoms with van der Waals surface area (Å²) in [5.41, 5.74) is 0. The van der Waals surface area contributed by atoms with E-state index in [1.807, 2.05) is 18.2 Å². The van der Waals surface area contributed by atoms with Crippen molar-refractivity contribution in [1.29, 1.82) is 0 Å². The van der Waals surface area contributed by atoms with Crippen molar-refractivity contribution >= 4 is 25.7 Å². The fourth-order valence-corrected chi connectivity index (χ4v) is 6.85. The molecule has 0 aliphatic heterocycles. The number of carbonyl (C=O) groups is 3. The number of ether oxygens (including phenoxy) is 3. The molecule has 0 bridgehead atoms. The van der Waals surface area contributed by atoms with Crippen molar-refractivity contribution in [2.45, 2.75) is 187 Å². The van der Waals surface area contributed by atoms with Gasteiger partial charge in [-0.2, -0.15) is 0 Å². The van der Waals surface area contributed by atoms with Gasteiger partial charge in [0.05, 0.1) is 26.2 Å². The van der Waals surface area contributed by atoms with Gasteiger partial charge in [0.15, 0.2) is 6.10 Å². The summed E-state index contributed by atoms with van der Waals surface area (Å²) in [5.74, 6) is -1.69. The Kier molecular flexibility index (Phi) is 46.3. The standard InChI is InChI=1S/C56H89O11P/c1-4-7-10-13-16-19-22-25-26-29-32-35-38-41-44-47-56(60)67-53(49-63-54(58)45-42-39-36-33-30-27-23-20-17-14-11-8-5-2)51-65-68(61,62)64-50-52(48-57)66-55(59)46-43-40-37-34-31-28-24-21-18-15-12-9-6-3/h7-8,10-12,15-17,19-21,24-27,30,32,35,41,44,52-53,57H,4-6,9,13-14,18,22-23,28-29,31,33-34,36-40,42-43,45-51H2,1-3H3,(H,61,62)/b10-7-,11-8-,15-12-,19-16-,20-17-,24-21-,26-25-,30-27-,35-32-,44-41-.